The van der Waals surface area contributed by atoms with Gasteiger partial charge in [-0.05, 0) is 38.4 Å². The number of nitrogens with one attached hydrogen (secondary N) is 1. The average molecular weight is 387 g/mol. The summed E-state index contributed by atoms with van der Waals surface area (Å²) in [6.45, 7) is 2.23. The van der Waals surface area contributed by atoms with Gasteiger partial charge in [-0.3, -0.25) is 0 Å². The standard InChI is InChI=1S/C23H25N5O/c1-26(2)19-16-27(17-19)22-25-20-13-6-7-14-21(20)28(22)23(29)24-15-9-8-12-18-10-4-3-5-11-18/h3-7,10-11,13-14,19H,9,15-17H2,1-2H3,(H,24,29). The monoisotopic (exact) mass is 387 g/mol. The molecular formula is C23H25N5O. The van der Waals surface area contributed by atoms with Gasteiger partial charge in [-0.25, -0.2) is 14.3 Å². The van der Waals surface area contributed by atoms with E-state index in [9.17, 15) is 4.79 Å². The van der Waals surface area contributed by atoms with E-state index in [1.165, 1.54) is 0 Å². The van der Waals surface area contributed by atoms with Crippen molar-refractivity contribution >= 4 is 23.0 Å². The molecule has 148 valence electrons. The molecule has 0 spiro atoms. The molecule has 29 heavy (non-hydrogen) atoms. The van der Waals surface area contributed by atoms with E-state index >= 15 is 0 Å². The summed E-state index contributed by atoms with van der Waals surface area (Å²) in [4.78, 5) is 22.0. The molecule has 3 aromatic rings. The van der Waals surface area contributed by atoms with E-state index in [1.807, 2.05) is 54.6 Å². The molecule has 1 saturated heterocycles. The number of anilines is 1. The van der Waals surface area contributed by atoms with E-state index in [1.54, 1.807) is 4.57 Å². The number of fused-ring (bicyclic) bond motifs is 1. The van der Waals surface area contributed by atoms with Gasteiger partial charge in [0, 0.05) is 37.7 Å². The van der Waals surface area contributed by atoms with E-state index in [2.05, 4.69) is 41.1 Å². The number of para-hydroxylation sites is 2. The zero-order chi connectivity index (χ0) is 20.2. The van der Waals surface area contributed by atoms with Crippen LogP contribution in [0.5, 0.6) is 0 Å². The van der Waals surface area contributed by atoms with E-state index in [0.29, 0.717) is 25.0 Å². The summed E-state index contributed by atoms with van der Waals surface area (Å²) >= 11 is 0. The highest BCUT2D eigenvalue weighted by Gasteiger charge is 2.33. The van der Waals surface area contributed by atoms with Gasteiger partial charge in [0.25, 0.3) is 0 Å². The van der Waals surface area contributed by atoms with Crippen LogP contribution in [0.2, 0.25) is 0 Å². The van der Waals surface area contributed by atoms with Crippen LogP contribution in [-0.2, 0) is 0 Å². The largest absolute Gasteiger partial charge is 0.339 e. The Morgan fingerprint density at radius 2 is 1.86 bits per heavy atom. The minimum Gasteiger partial charge on any atom is -0.339 e. The molecule has 1 fully saturated rings. The summed E-state index contributed by atoms with van der Waals surface area (Å²) in [5.74, 6) is 6.93. The first-order valence-corrected chi connectivity index (χ1v) is 9.84. The van der Waals surface area contributed by atoms with Crippen LogP contribution in [0.25, 0.3) is 11.0 Å². The number of imidazole rings is 1. The highest BCUT2D eigenvalue weighted by molar-refractivity contribution is 5.93. The molecule has 6 heteroatoms. The maximum absolute atomic E-state index is 13.0. The Labute approximate surface area is 171 Å². The predicted molar refractivity (Wildman–Crippen MR) is 116 cm³/mol. The van der Waals surface area contributed by atoms with Crippen molar-refractivity contribution in [2.45, 2.75) is 12.5 Å². The minimum absolute atomic E-state index is 0.163. The molecule has 0 atom stereocenters. The predicted octanol–water partition coefficient (Wildman–Crippen LogP) is 2.79. The first-order valence-electron chi connectivity index (χ1n) is 9.84. The highest BCUT2D eigenvalue weighted by atomic mass is 16.2. The number of rotatable bonds is 4. The zero-order valence-corrected chi connectivity index (χ0v) is 16.8. The molecule has 0 bridgehead atoms. The lowest BCUT2D eigenvalue weighted by Crippen LogP contribution is -2.58. The average Bonchev–Trinajstić information content (AvgIpc) is 3.06. The van der Waals surface area contributed by atoms with Crippen molar-refractivity contribution in [2.75, 3.05) is 38.6 Å². The van der Waals surface area contributed by atoms with Gasteiger partial charge in [-0.1, -0.05) is 42.2 Å². The second kappa shape index (κ2) is 8.38. The molecule has 0 unspecified atom stereocenters. The maximum Gasteiger partial charge on any atom is 0.328 e. The normalized spacial score (nSPS) is 13.8. The van der Waals surface area contributed by atoms with Gasteiger partial charge in [0.1, 0.15) is 0 Å². The molecule has 2 heterocycles. The summed E-state index contributed by atoms with van der Waals surface area (Å²) in [7, 11) is 4.16. The SMILES string of the molecule is CN(C)C1CN(c2nc3ccccc3n2C(=O)NCCC#Cc2ccccc2)C1. The van der Waals surface area contributed by atoms with Crippen LogP contribution < -0.4 is 10.2 Å². The Morgan fingerprint density at radius 1 is 1.14 bits per heavy atom. The van der Waals surface area contributed by atoms with Gasteiger partial charge in [-0.15, -0.1) is 0 Å². The molecule has 1 aromatic heterocycles. The first kappa shape index (κ1) is 19.0. The van der Waals surface area contributed by atoms with Crippen LogP contribution in [0, 0.1) is 11.8 Å². The highest BCUT2D eigenvalue weighted by Crippen LogP contribution is 2.26. The van der Waals surface area contributed by atoms with Crippen LogP contribution in [-0.4, -0.2) is 60.3 Å². The molecule has 1 aliphatic rings. The number of hydrogen-bond acceptors (Lipinski definition) is 4. The lowest BCUT2D eigenvalue weighted by atomic mass is 10.1. The molecule has 1 amide bonds. The number of hydrogen-bond donors (Lipinski definition) is 1. The molecular weight excluding hydrogens is 362 g/mol. The second-order valence-electron chi connectivity index (χ2n) is 7.41. The maximum atomic E-state index is 13.0. The summed E-state index contributed by atoms with van der Waals surface area (Å²) in [5.41, 5.74) is 2.63. The number of nitrogens with zero attached hydrogens (tertiary/aromatic N) is 4. The van der Waals surface area contributed by atoms with Crippen LogP contribution in [0.4, 0.5) is 10.7 Å². The topological polar surface area (TPSA) is 53.4 Å². The molecule has 0 saturated carbocycles. The van der Waals surface area contributed by atoms with E-state index in [0.717, 1.165) is 29.7 Å². The van der Waals surface area contributed by atoms with Gasteiger partial charge in [-0.2, -0.15) is 0 Å². The third-order valence-corrected chi connectivity index (χ3v) is 5.15. The number of amides is 1. The number of carbonyl (C=O) groups is 1. The lowest BCUT2D eigenvalue weighted by molar-refractivity contribution is 0.236. The van der Waals surface area contributed by atoms with Crippen LogP contribution in [0.3, 0.4) is 0 Å². The van der Waals surface area contributed by atoms with Crippen LogP contribution >= 0.6 is 0 Å². The molecule has 1 aliphatic heterocycles. The third kappa shape index (κ3) is 4.10. The van der Waals surface area contributed by atoms with Crippen molar-refractivity contribution in [2.24, 2.45) is 0 Å². The number of aromatic nitrogens is 2. The number of benzene rings is 2. The Morgan fingerprint density at radius 3 is 2.62 bits per heavy atom. The quantitative estimate of drug-likeness (QED) is 0.553. The van der Waals surface area contributed by atoms with Crippen molar-refractivity contribution in [3.8, 4) is 11.8 Å². The Balaban J connectivity index is 1.45. The fourth-order valence-corrected chi connectivity index (χ4v) is 3.37. The van der Waals surface area contributed by atoms with E-state index in [-0.39, 0.29) is 6.03 Å². The van der Waals surface area contributed by atoms with Crippen molar-refractivity contribution in [3.63, 3.8) is 0 Å². The van der Waals surface area contributed by atoms with E-state index in [4.69, 9.17) is 4.98 Å². The Hall–Kier alpha value is -3.30. The zero-order valence-electron chi connectivity index (χ0n) is 16.8. The van der Waals surface area contributed by atoms with Gasteiger partial charge in [0.2, 0.25) is 5.95 Å². The van der Waals surface area contributed by atoms with Crippen LogP contribution in [0.1, 0.15) is 12.0 Å². The molecule has 2 aromatic carbocycles. The van der Waals surface area contributed by atoms with Crippen molar-refractivity contribution in [1.29, 1.82) is 0 Å². The summed E-state index contributed by atoms with van der Waals surface area (Å²) in [6.07, 6.45) is 0.592. The van der Waals surface area contributed by atoms with Crippen molar-refractivity contribution < 1.29 is 4.79 Å². The number of carbonyl (C=O) groups excluding carboxylic acids is 1. The smallest absolute Gasteiger partial charge is 0.328 e. The fraction of sp³-hybridized carbons (Fsp3) is 0.304. The van der Waals surface area contributed by atoms with Gasteiger partial charge in [0.05, 0.1) is 11.0 Å². The molecule has 0 radical (unpaired) electrons. The second-order valence-corrected chi connectivity index (χ2v) is 7.41. The van der Waals surface area contributed by atoms with Gasteiger partial charge >= 0.3 is 6.03 Å². The molecule has 1 N–H and O–H groups in total. The van der Waals surface area contributed by atoms with E-state index < -0.39 is 0 Å². The van der Waals surface area contributed by atoms with Crippen LogP contribution in [0.15, 0.2) is 54.6 Å². The van der Waals surface area contributed by atoms with Gasteiger partial charge in [0.15, 0.2) is 0 Å². The summed E-state index contributed by atoms with van der Waals surface area (Å²) in [6, 6.07) is 17.9. The molecule has 6 nitrogen and oxygen atoms in total. The summed E-state index contributed by atoms with van der Waals surface area (Å²) in [5, 5.41) is 2.99. The third-order valence-electron chi connectivity index (χ3n) is 5.15. The fourth-order valence-electron chi connectivity index (χ4n) is 3.37. The van der Waals surface area contributed by atoms with Crippen molar-refractivity contribution in [3.05, 3.63) is 60.2 Å². The summed E-state index contributed by atoms with van der Waals surface area (Å²) < 4.78 is 1.69. The number of likely N-dealkylation sites (N-methyl/N-ethyl adjacent to an activating group) is 1. The molecule has 4 rings (SSSR count). The lowest BCUT2D eigenvalue weighted by Gasteiger charge is -2.43. The Kier molecular flexibility index (Phi) is 5.50. The van der Waals surface area contributed by atoms with Gasteiger partial charge < -0.3 is 15.1 Å². The first-order chi connectivity index (χ1) is 14.1. The van der Waals surface area contributed by atoms with Crippen molar-refractivity contribution in [1.82, 2.24) is 19.8 Å². The Bertz CT molecular complexity index is 1060. The minimum atomic E-state index is -0.163. The molecule has 0 aliphatic carbocycles.